The van der Waals surface area contributed by atoms with Crippen LogP contribution in [0.4, 0.5) is 10.5 Å². The van der Waals surface area contributed by atoms with Crippen molar-refractivity contribution in [3.8, 4) is 0 Å². The number of aryl methyl sites for hydroxylation is 1. The molecule has 4 rings (SSSR count). The van der Waals surface area contributed by atoms with Crippen molar-refractivity contribution >= 4 is 23.1 Å². The highest BCUT2D eigenvalue weighted by Crippen LogP contribution is 2.22. The molecule has 25 heavy (non-hydrogen) atoms. The molecule has 2 aromatic rings. The Hall–Kier alpha value is -1.96. The summed E-state index contributed by atoms with van der Waals surface area (Å²) in [5.74, 6) is 0. The summed E-state index contributed by atoms with van der Waals surface area (Å²) in [5, 5.41) is 9.34. The van der Waals surface area contributed by atoms with Crippen LogP contribution in [0, 0.1) is 6.92 Å². The minimum absolute atomic E-state index is 0.0536. The molecule has 1 fully saturated rings. The maximum Gasteiger partial charge on any atom is 0.321 e. The summed E-state index contributed by atoms with van der Waals surface area (Å²) >= 11 is 1.62. The van der Waals surface area contributed by atoms with E-state index in [1.165, 1.54) is 11.1 Å². The summed E-state index contributed by atoms with van der Waals surface area (Å²) in [4.78, 5) is 18.7. The Morgan fingerprint density at radius 2 is 2.32 bits per heavy atom. The molecule has 0 spiro atoms. The molecule has 2 amide bonds. The van der Waals surface area contributed by atoms with Gasteiger partial charge in [0.05, 0.1) is 12.7 Å². The minimum Gasteiger partial charge on any atom is -0.369 e. The molecule has 1 saturated heterocycles. The maximum absolute atomic E-state index is 12.5. The van der Waals surface area contributed by atoms with Gasteiger partial charge in [0.2, 0.25) is 0 Å². The Bertz CT molecular complexity index is 776. The second-order valence-electron chi connectivity index (χ2n) is 6.57. The van der Waals surface area contributed by atoms with Crippen molar-refractivity contribution in [3.05, 3.63) is 45.4 Å². The number of carbonyl (C=O) groups is 1. The molecular weight excluding hydrogens is 336 g/mol. The van der Waals surface area contributed by atoms with Gasteiger partial charge in [0.25, 0.3) is 0 Å². The molecule has 0 bridgehead atoms. The standard InChI is InChI=1S/C18H22N4O2S/c1-12-11-25-17(20-12)10-24-16-4-5-22(9-16)18(23)21-15-3-2-13-7-19-8-14(13)6-15/h2-3,6,11,16,19H,4-5,7-10H2,1H3,(H,21,23)/t16-/m0/s1. The van der Waals surface area contributed by atoms with Crippen LogP contribution in [0.3, 0.4) is 0 Å². The van der Waals surface area contributed by atoms with Crippen molar-refractivity contribution in [2.75, 3.05) is 18.4 Å². The Morgan fingerprint density at radius 1 is 1.44 bits per heavy atom. The number of rotatable bonds is 4. The molecule has 2 N–H and O–H groups in total. The van der Waals surface area contributed by atoms with E-state index in [0.717, 1.165) is 42.4 Å². The van der Waals surface area contributed by atoms with Crippen LogP contribution < -0.4 is 10.6 Å². The largest absolute Gasteiger partial charge is 0.369 e. The third-order valence-electron chi connectivity index (χ3n) is 4.63. The second kappa shape index (κ2) is 7.11. The summed E-state index contributed by atoms with van der Waals surface area (Å²) in [6.45, 7) is 5.64. The maximum atomic E-state index is 12.5. The van der Waals surface area contributed by atoms with E-state index in [1.54, 1.807) is 11.3 Å². The quantitative estimate of drug-likeness (QED) is 0.882. The fourth-order valence-corrected chi connectivity index (χ4v) is 3.97. The van der Waals surface area contributed by atoms with E-state index < -0.39 is 0 Å². The topological polar surface area (TPSA) is 66.5 Å². The number of carbonyl (C=O) groups excluding carboxylic acids is 1. The molecule has 2 aliphatic heterocycles. The lowest BCUT2D eigenvalue weighted by Gasteiger charge is -2.18. The van der Waals surface area contributed by atoms with E-state index in [9.17, 15) is 4.79 Å². The van der Waals surface area contributed by atoms with Crippen molar-refractivity contribution in [1.29, 1.82) is 0 Å². The molecule has 0 aliphatic carbocycles. The van der Waals surface area contributed by atoms with Crippen LogP contribution in [0.5, 0.6) is 0 Å². The number of nitrogens with zero attached hydrogens (tertiary/aromatic N) is 2. The van der Waals surface area contributed by atoms with E-state index in [1.807, 2.05) is 23.3 Å². The molecular formula is C18H22N4O2S. The number of thiazole rings is 1. The van der Waals surface area contributed by atoms with Gasteiger partial charge in [-0.25, -0.2) is 9.78 Å². The highest BCUT2D eigenvalue weighted by atomic mass is 32.1. The van der Waals surface area contributed by atoms with Gasteiger partial charge in [-0.2, -0.15) is 0 Å². The van der Waals surface area contributed by atoms with Gasteiger partial charge in [-0.1, -0.05) is 6.07 Å². The Morgan fingerprint density at radius 3 is 3.16 bits per heavy atom. The number of likely N-dealkylation sites (tertiary alicyclic amines) is 1. The molecule has 1 aromatic carbocycles. The van der Waals surface area contributed by atoms with Crippen molar-refractivity contribution in [1.82, 2.24) is 15.2 Å². The zero-order valence-corrected chi connectivity index (χ0v) is 15.1. The number of hydrogen-bond donors (Lipinski definition) is 2. The first-order valence-electron chi connectivity index (χ1n) is 8.58. The molecule has 3 heterocycles. The zero-order chi connectivity index (χ0) is 17.2. The summed E-state index contributed by atoms with van der Waals surface area (Å²) < 4.78 is 5.91. The molecule has 6 nitrogen and oxygen atoms in total. The first-order chi connectivity index (χ1) is 12.2. The van der Waals surface area contributed by atoms with Gasteiger partial charge in [0.15, 0.2) is 0 Å². The highest BCUT2D eigenvalue weighted by Gasteiger charge is 2.27. The zero-order valence-electron chi connectivity index (χ0n) is 14.2. The number of ether oxygens (including phenoxy) is 1. The van der Waals surface area contributed by atoms with Crippen LogP contribution in [0.25, 0.3) is 0 Å². The summed E-state index contributed by atoms with van der Waals surface area (Å²) in [7, 11) is 0. The average molecular weight is 358 g/mol. The smallest absolute Gasteiger partial charge is 0.321 e. The molecule has 0 saturated carbocycles. The predicted molar refractivity (Wildman–Crippen MR) is 97.6 cm³/mol. The number of aromatic nitrogens is 1. The van der Waals surface area contributed by atoms with Gasteiger partial charge < -0.3 is 20.3 Å². The number of fused-ring (bicyclic) bond motifs is 1. The lowest BCUT2D eigenvalue weighted by molar-refractivity contribution is 0.0489. The number of hydrogen-bond acceptors (Lipinski definition) is 5. The first-order valence-corrected chi connectivity index (χ1v) is 9.46. The van der Waals surface area contributed by atoms with Gasteiger partial charge in [-0.15, -0.1) is 11.3 Å². The van der Waals surface area contributed by atoms with Gasteiger partial charge >= 0.3 is 6.03 Å². The molecule has 0 radical (unpaired) electrons. The van der Waals surface area contributed by atoms with E-state index >= 15 is 0 Å². The number of benzene rings is 1. The van der Waals surface area contributed by atoms with Crippen LogP contribution in [-0.4, -0.2) is 35.1 Å². The number of nitrogens with one attached hydrogen (secondary N) is 2. The van der Waals surface area contributed by atoms with Crippen molar-refractivity contribution in [3.63, 3.8) is 0 Å². The van der Waals surface area contributed by atoms with Crippen LogP contribution in [-0.2, 0) is 24.4 Å². The Kier molecular flexibility index (Phi) is 4.70. The SMILES string of the molecule is Cc1csc(CO[C@H]2CCN(C(=O)Nc3ccc4c(c3)CNC4)C2)n1. The third kappa shape index (κ3) is 3.84. The lowest BCUT2D eigenvalue weighted by atomic mass is 10.1. The van der Waals surface area contributed by atoms with Gasteiger partial charge in [0.1, 0.15) is 5.01 Å². The Balaban J connectivity index is 1.28. The highest BCUT2D eigenvalue weighted by molar-refractivity contribution is 7.09. The van der Waals surface area contributed by atoms with E-state index in [-0.39, 0.29) is 12.1 Å². The molecule has 132 valence electrons. The number of urea groups is 1. The fraction of sp³-hybridized carbons (Fsp3) is 0.444. The van der Waals surface area contributed by atoms with Crippen molar-refractivity contribution in [2.45, 2.75) is 39.1 Å². The Labute approximate surface area is 151 Å². The van der Waals surface area contributed by atoms with Crippen LogP contribution in [0.2, 0.25) is 0 Å². The van der Waals surface area contributed by atoms with Gasteiger partial charge in [0, 0.05) is 42.9 Å². The van der Waals surface area contributed by atoms with E-state index in [2.05, 4.69) is 27.8 Å². The van der Waals surface area contributed by atoms with E-state index in [0.29, 0.717) is 13.2 Å². The third-order valence-corrected chi connectivity index (χ3v) is 5.57. The molecule has 0 unspecified atom stereocenters. The summed E-state index contributed by atoms with van der Waals surface area (Å²) in [6, 6.07) is 6.06. The fourth-order valence-electron chi connectivity index (χ4n) is 3.28. The van der Waals surface area contributed by atoms with Crippen molar-refractivity contribution < 1.29 is 9.53 Å². The van der Waals surface area contributed by atoms with Gasteiger partial charge in [-0.3, -0.25) is 0 Å². The minimum atomic E-state index is -0.0536. The molecule has 2 aliphatic rings. The first kappa shape index (κ1) is 16.5. The number of anilines is 1. The van der Waals surface area contributed by atoms with E-state index in [4.69, 9.17) is 4.74 Å². The normalized spacial score (nSPS) is 19.2. The number of amides is 2. The molecule has 1 aromatic heterocycles. The van der Waals surface area contributed by atoms with Crippen molar-refractivity contribution in [2.24, 2.45) is 0 Å². The predicted octanol–water partition coefficient (Wildman–Crippen LogP) is 2.88. The average Bonchev–Trinajstić information content (AvgIpc) is 3.33. The van der Waals surface area contributed by atoms with Crippen LogP contribution in [0.15, 0.2) is 23.6 Å². The van der Waals surface area contributed by atoms with Gasteiger partial charge in [-0.05, 0) is 36.6 Å². The molecule has 1 atom stereocenters. The molecule has 7 heteroatoms. The summed E-state index contributed by atoms with van der Waals surface area (Å²) in [5.41, 5.74) is 4.46. The summed E-state index contributed by atoms with van der Waals surface area (Å²) in [6.07, 6.45) is 0.950. The lowest BCUT2D eigenvalue weighted by Crippen LogP contribution is -2.34. The second-order valence-corrected chi connectivity index (χ2v) is 7.51. The van der Waals surface area contributed by atoms with Crippen LogP contribution in [0.1, 0.15) is 28.2 Å². The monoisotopic (exact) mass is 358 g/mol. The van der Waals surface area contributed by atoms with Crippen LogP contribution >= 0.6 is 11.3 Å².